The van der Waals surface area contributed by atoms with E-state index in [2.05, 4.69) is 5.32 Å². The number of hydrogen-bond donors (Lipinski definition) is 1. The number of sulfone groups is 1. The summed E-state index contributed by atoms with van der Waals surface area (Å²) in [6.07, 6.45) is -4.38. The fraction of sp³-hybridized carbons (Fsp3) is 0.417. The van der Waals surface area contributed by atoms with Crippen molar-refractivity contribution in [2.75, 3.05) is 12.8 Å². The van der Waals surface area contributed by atoms with Gasteiger partial charge in [-0.05, 0) is 49.1 Å². The molecule has 0 unspecified atom stereocenters. The SMILES string of the molecule is CS(=O)(=O)c1cccc(C(=O)N2C[C@H](F)C[C@@H]2C(=O)N[C@@H](c2ccc(C(F)(F)F)cc2F)C2CC2)c1. The molecular formula is C24H23F5N2O4S. The maximum Gasteiger partial charge on any atom is 0.416 e. The Labute approximate surface area is 204 Å². The van der Waals surface area contributed by atoms with Crippen molar-refractivity contribution < 1.29 is 40.0 Å². The number of hydrogen-bond acceptors (Lipinski definition) is 4. The molecule has 2 aromatic rings. The van der Waals surface area contributed by atoms with Gasteiger partial charge in [0.1, 0.15) is 18.0 Å². The lowest BCUT2D eigenvalue weighted by Gasteiger charge is -2.27. The van der Waals surface area contributed by atoms with E-state index < -0.39 is 64.0 Å². The molecule has 36 heavy (non-hydrogen) atoms. The third-order valence-corrected chi connectivity index (χ3v) is 7.49. The molecule has 1 saturated heterocycles. The van der Waals surface area contributed by atoms with Gasteiger partial charge in [0.25, 0.3) is 5.91 Å². The molecule has 4 rings (SSSR count). The summed E-state index contributed by atoms with van der Waals surface area (Å²) in [4.78, 5) is 27.1. The maximum absolute atomic E-state index is 14.6. The van der Waals surface area contributed by atoms with E-state index in [4.69, 9.17) is 0 Å². The molecule has 194 valence electrons. The second kappa shape index (κ2) is 9.45. The molecule has 12 heteroatoms. The Morgan fingerprint density at radius 3 is 2.39 bits per heavy atom. The molecule has 0 radical (unpaired) electrons. The largest absolute Gasteiger partial charge is 0.416 e. The summed E-state index contributed by atoms with van der Waals surface area (Å²) in [7, 11) is -3.62. The Bertz CT molecular complexity index is 1290. The van der Waals surface area contributed by atoms with Crippen LogP contribution in [0.15, 0.2) is 47.4 Å². The van der Waals surface area contributed by atoms with Crippen molar-refractivity contribution in [1.82, 2.24) is 10.2 Å². The smallest absolute Gasteiger partial charge is 0.347 e. The van der Waals surface area contributed by atoms with Crippen molar-refractivity contribution in [3.63, 3.8) is 0 Å². The zero-order valence-electron chi connectivity index (χ0n) is 19.1. The Balaban J connectivity index is 1.57. The normalized spacial score (nSPS) is 21.3. The van der Waals surface area contributed by atoms with E-state index in [1.54, 1.807) is 0 Å². The van der Waals surface area contributed by atoms with Gasteiger partial charge in [-0.25, -0.2) is 17.2 Å². The van der Waals surface area contributed by atoms with Gasteiger partial charge >= 0.3 is 6.18 Å². The zero-order valence-corrected chi connectivity index (χ0v) is 19.9. The van der Waals surface area contributed by atoms with Gasteiger partial charge in [-0.3, -0.25) is 9.59 Å². The minimum absolute atomic E-state index is 0.0441. The number of carbonyl (C=O) groups excluding carboxylic acids is 2. The van der Waals surface area contributed by atoms with Gasteiger partial charge in [0.15, 0.2) is 9.84 Å². The number of carbonyl (C=O) groups is 2. The van der Waals surface area contributed by atoms with Gasteiger partial charge in [0.05, 0.1) is 23.0 Å². The first kappa shape index (κ1) is 26.1. The molecule has 1 heterocycles. The van der Waals surface area contributed by atoms with Crippen LogP contribution in [0, 0.1) is 11.7 Å². The van der Waals surface area contributed by atoms with Crippen LogP contribution in [-0.4, -0.2) is 50.1 Å². The lowest BCUT2D eigenvalue weighted by Crippen LogP contribution is -2.47. The molecule has 1 saturated carbocycles. The van der Waals surface area contributed by atoms with Crippen LogP contribution in [0.4, 0.5) is 22.0 Å². The molecule has 2 aliphatic rings. The van der Waals surface area contributed by atoms with Gasteiger partial charge in [-0.1, -0.05) is 12.1 Å². The molecule has 0 bridgehead atoms. The molecular weight excluding hydrogens is 507 g/mol. The molecule has 1 aliphatic carbocycles. The molecule has 2 aromatic carbocycles. The fourth-order valence-electron chi connectivity index (χ4n) is 4.37. The van der Waals surface area contributed by atoms with Crippen molar-refractivity contribution >= 4 is 21.7 Å². The first-order valence-electron chi connectivity index (χ1n) is 11.2. The van der Waals surface area contributed by atoms with Crippen LogP contribution in [0.2, 0.25) is 0 Å². The minimum Gasteiger partial charge on any atom is -0.347 e. The van der Waals surface area contributed by atoms with E-state index in [1.165, 1.54) is 18.2 Å². The number of alkyl halides is 4. The van der Waals surface area contributed by atoms with Gasteiger partial charge < -0.3 is 10.2 Å². The summed E-state index contributed by atoms with van der Waals surface area (Å²) < 4.78 is 91.5. The highest BCUT2D eigenvalue weighted by Gasteiger charge is 2.43. The van der Waals surface area contributed by atoms with E-state index in [9.17, 15) is 40.0 Å². The van der Waals surface area contributed by atoms with Crippen LogP contribution in [0.3, 0.4) is 0 Å². The Morgan fingerprint density at radius 2 is 1.81 bits per heavy atom. The molecule has 2 amide bonds. The number of rotatable bonds is 6. The van der Waals surface area contributed by atoms with Crippen molar-refractivity contribution in [2.45, 2.75) is 48.6 Å². The number of halogens is 5. The van der Waals surface area contributed by atoms with Gasteiger partial charge in [-0.15, -0.1) is 0 Å². The number of likely N-dealkylation sites (tertiary alicyclic amines) is 1. The lowest BCUT2D eigenvalue weighted by atomic mass is 9.99. The second-order valence-corrected chi connectivity index (χ2v) is 11.2. The highest BCUT2D eigenvalue weighted by molar-refractivity contribution is 7.90. The van der Waals surface area contributed by atoms with E-state index in [0.717, 1.165) is 29.4 Å². The first-order chi connectivity index (χ1) is 16.8. The summed E-state index contributed by atoms with van der Waals surface area (Å²) in [6, 6.07) is 5.04. The minimum atomic E-state index is -4.73. The molecule has 0 aromatic heterocycles. The summed E-state index contributed by atoms with van der Waals surface area (Å²) >= 11 is 0. The number of nitrogens with zero attached hydrogens (tertiary/aromatic N) is 1. The molecule has 1 aliphatic heterocycles. The highest BCUT2D eigenvalue weighted by atomic mass is 32.2. The second-order valence-electron chi connectivity index (χ2n) is 9.16. The summed E-state index contributed by atoms with van der Waals surface area (Å²) in [5.74, 6) is -2.84. The van der Waals surface area contributed by atoms with Crippen LogP contribution in [-0.2, 0) is 20.8 Å². The monoisotopic (exact) mass is 530 g/mol. The lowest BCUT2D eigenvalue weighted by molar-refractivity contribution is -0.137. The van der Waals surface area contributed by atoms with Crippen molar-refractivity contribution in [3.05, 3.63) is 65.0 Å². The summed E-state index contributed by atoms with van der Waals surface area (Å²) in [5.41, 5.74) is -1.32. The summed E-state index contributed by atoms with van der Waals surface area (Å²) in [6.45, 7) is -0.400. The topological polar surface area (TPSA) is 83.6 Å². The number of benzene rings is 2. The average molecular weight is 531 g/mol. The van der Waals surface area contributed by atoms with Crippen molar-refractivity contribution in [3.8, 4) is 0 Å². The molecule has 2 fully saturated rings. The highest BCUT2D eigenvalue weighted by Crippen LogP contribution is 2.43. The van der Waals surface area contributed by atoms with Crippen LogP contribution in [0.5, 0.6) is 0 Å². The fourth-order valence-corrected chi connectivity index (χ4v) is 5.03. The Hall–Kier alpha value is -3.02. The number of amides is 2. The van der Waals surface area contributed by atoms with Crippen LogP contribution < -0.4 is 5.32 Å². The van der Waals surface area contributed by atoms with Crippen LogP contribution in [0.1, 0.15) is 46.8 Å². The molecule has 1 N–H and O–H groups in total. The van der Waals surface area contributed by atoms with Gasteiger partial charge in [0, 0.05) is 23.8 Å². The molecule has 3 atom stereocenters. The van der Waals surface area contributed by atoms with E-state index >= 15 is 0 Å². The standard InChI is InChI=1S/C24H23F5N2O4S/c1-36(34,35)17-4-2-3-14(9-17)23(33)31-12-16(25)11-20(31)22(32)30-21(13-5-6-13)18-8-7-15(10-19(18)26)24(27,28)29/h2-4,7-10,13,16,20-21H,5-6,11-12H2,1H3,(H,30,32)/t16-,20-,21-/m1/s1. The zero-order chi connectivity index (χ0) is 26.4. The average Bonchev–Trinajstić information content (AvgIpc) is 3.56. The van der Waals surface area contributed by atoms with Gasteiger partial charge in [0.2, 0.25) is 5.91 Å². The molecule has 6 nitrogen and oxygen atoms in total. The van der Waals surface area contributed by atoms with E-state index in [1.807, 2.05) is 0 Å². The predicted molar refractivity (Wildman–Crippen MR) is 119 cm³/mol. The van der Waals surface area contributed by atoms with Gasteiger partial charge in [-0.2, -0.15) is 13.2 Å². The number of nitrogens with one attached hydrogen (secondary N) is 1. The van der Waals surface area contributed by atoms with Crippen LogP contribution in [0.25, 0.3) is 0 Å². The van der Waals surface area contributed by atoms with E-state index in [-0.39, 0.29) is 28.4 Å². The maximum atomic E-state index is 14.6. The van der Waals surface area contributed by atoms with Crippen molar-refractivity contribution in [1.29, 1.82) is 0 Å². The summed E-state index contributed by atoms with van der Waals surface area (Å²) in [5, 5.41) is 2.61. The third-order valence-electron chi connectivity index (χ3n) is 6.38. The third kappa shape index (κ3) is 5.53. The first-order valence-corrected chi connectivity index (χ1v) is 13.1. The predicted octanol–water partition coefficient (Wildman–Crippen LogP) is 4.07. The van der Waals surface area contributed by atoms with Crippen LogP contribution >= 0.6 is 0 Å². The van der Waals surface area contributed by atoms with Crippen molar-refractivity contribution in [2.24, 2.45) is 5.92 Å². The molecule has 0 spiro atoms. The quantitative estimate of drug-likeness (QED) is 0.571. The Kier molecular flexibility index (Phi) is 6.84. The van der Waals surface area contributed by atoms with E-state index in [0.29, 0.717) is 18.9 Å². The Morgan fingerprint density at radius 1 is 1.11 bits per heavy atom.